The van der Waals surface area contributed by atoms with Gasteiger partial charge in [0, 0.05) is 35.2 Å². The van der Waals surface area contributed by atoms with Crippen LogP contribution in [0.3, 0.4) is 0 Å². The van der Waals surface area contributed by atoms with Gasteiger partial charge in [0.1, 0.15) is 5.69 Å². The summed E-state index contributed by atoms with van der Waals surface area (Å²) in [4.78, 5) is 24.3. The average molecular weight is 294 g/mol. The fourth-order valence-electron chi connectivity index (χ4n) is 2.38. The van der Waals surface area contributed by atoms with Gasteiger partial charge in [-0.3, -0.25) is 14.9 Å². The van der Waals surface area contributed by atoms with Crippen molar-refractivity contribution in [1.82, 2.24) is 0 Å². The molecule has 1 saturated heterocycles. The number of carbonyl (C=O) groups is 1. The lowest BCUT2D eigenvalue weighted by atomic mass is 10.1. The van der Waals surface area contributed by atoms with Crippen LogP contribution in [0.1, 0.15) is 31.1 Å². The topological polar surface area (TPSA) is 63.5 Å². The van der Waals surface area contributed by atoms with E-state index in [1.165, 1.54) is 13.0 Å². The summed E-state index contributed by atoms with van der Waals surface area (Å²) in [6.07, 6.45) is 0. The van der Waals surface area contributed by atoms with E-state index in [9.17, 15) is 14.9 Å². The molecule has 108 valence electrons. The monoisotopic (exact) mass is 294 g/mol. The van der Waals surface area contributed by atoms with Crippen molar-refractivity contribution in [2.45, 2.75) is 25.5 Å². The predicted octanol–water partition coefficient (Wildman–Crippen LogP) is 3.13. The third-order valence-corrected chi connectivity index (χ3v) is 4.64. The van der Waals surface area contributed by atoms with Gasteiger partial charge in [-0.05, 0) is 32.9 Å². The van der Waals surface area contributed by atoms with Crippen LogP contribution in [-0.2, 0) is 0 Å². The lowest BCUT2D eigenvalue weighted by molar-refractivity contribution is -0.384. The number of Topliss-reactive ketones (excluding diaryl/α,β-unsaturated/α-hetero) is 1. The molecule has 1 aromatic rings. The van der Waals surface area contributed by atoms with E-state index in [2.05, 4.69) is 13.8 Å². The Balaban J connectivity index is 2.40. The van der Waals surface area contributed by atoms with Crippen LogP contribution >= 0.6 is 11.8 Å². The summed E-state index contributed by atoms with van der Waals surface area (Å²) in [5, 5.41) is 11.3. The number of carbonyl (C=O) groups excluding carboxylic acids is 1. The van der Waals surface area contributed by atoms with E-state index in [-0.39, 0.29) is 16.2 Å². The highest BCUT2D eigenvalue weighted by molar-refractivity contribution is 8.00. The van der Waals surface area contributed by atoms with Crippen molar-refractivity contribution < 1.29 is 9.72 Å². The highest BCUT2D eigenvalue weighted by atomic mass is 32.2. The number of hydrogen-bond donors (Lipinski definition) is 0. The molecule has 0 spiro atoms. The SMILES string of the molecule is CC(=O)c1ccc(N2CCSC(C)(C)C2)c([N+](=O)[O-])c1. The van der Waals surface area contributed by atoms with Crippen LogP contribution in [0.4, 0.5) is 11.4 Å². The smallest absolute Gasteiger partial charge is 0.293 e. The van der Waals surface area contributed by atoms with Crippen molar-refractivity contribution in [3.63, 3.8) is 0 Å². The van der Waals surface area contributed by atoms with Crippen molar-refractivity contribution in [3.8, 4) is 0 Å². The highest BCUT2D eigenvalue weighted by Crippen LogP contribution is 2.36. The molecular weight excluding hydrogens is 276 g/mol. The number of rotatable bonds is 3. The molecule has 0 bridgehead atoms. The zero-order valence-electron chi connectivity index (χ0n) is 11.9. The Labute approximate surface area is 122 Å². The third-order valence-electron chi connectivity index (χ3n) is 3.34. The first-order chi connectivity index (χ1) is 9.30. The van der Waals surface area contributed by atoms with E-state index in [1.54, 1.807) is 12.1 Å². The van der Waals surface area contributed by atoms with Gasteiger partial charge in [0.15, 0.2) is 5.78 Å². The van der Waals surface area contributed by atoms with Crippen molar-refractivity contribution in [1.29, 1.82) is 0 Å². The van der Waals surface area contributed by atoms with Crippen LogP contribution < -0.4 is 4.90 Å². The number of ketones is 1. The fourth-order valence-corrected chi connectivity index (χ4v) is 3.49. The van der Waals surface area contributed by atoms with Gasteiger partial charge in [0.2, 0.25) is 0 Å². The number of nitrogens with zero attached hydrogens (tertiary/aromatic N) is 2. The van der Waals surface area contributed by atoms with Crippen molar-refractivity contribution >= 4 is 28.9 Å². The first-order valence-electron chi connectivity index (χ1n) is 6.48. The Morgan fingerprint density at radius 2 is 2.15 bits per heavy atom. The van der Waals surface area contributed by atoms with Crippen LogP contribution in [0, 0.1) is 10.1 Å². The molecule has 0 unspecified atom stereocenters. The van der Waals surface area contributed by atoms with Crippen LogP contribution in [-0.4, -0.2) is 34.3 Å². The Morgan fingerprint density at radius 1 is 1.45 bits per heavy atom. The molecule has 1 fully saturated rings. The Hall–Kier alpha value is -1.56. The molecule has 0 atom stereocenters. The van der Waals surface area contributed by atoms with Gasteiger partial charge in [-0.15, -0.1) is 0 Å². The molecule has 5 nitrogen and oxygen atoms in total. The van der Waals surface area contributed by atoms with Gasteiger partial charge in [-0.2, -0.15) is 11.8 Å². The largest absolute Gasteiger partial charge is 0.364 e. The quantitative estimate of drug-likeness (QED) is 0.487. The van der Waals surface area contributed by atoms with E-state index in [0.717, 1.165) is 18.8 Å². The molecule has 0 N–H and O–H groups in total. The second-order valence-corrected chi connectivity index (χ2v) is 7.35. The number of hydrogen-bond acceptors (Lipinski definition) is 5. The zero-order chi connectivity index (χ0) is 14.9. The highest BCUT2D eigenvalue weighted by Gasteiger charge is 2.30. The molecule has 6 heteroatoms. The molecule has 2 rings (SSSR count). The van der Waals surface area contributed by atoms with Crippen LogP contribution in [0.2, 0.25) is 0 Å². The molecule has 0 amide bonds. The third kappa shape index (κ3) is 3.12. The van der Waals surface area contributed by atoms with Gasteiger partial charge in [-0.1, -0.05) is 0 Å². The zero-order valence-corrected chi connectivity index (χ0v) is 12.7. The minimum Gasteiger partial charge on any atom is -0.364 e. The van der Waals surface area contributed by atoms with E-state index >= 15 is 0 Å². The van der Waals surface area contributed by atoms with Gasteiger partial charge in [0.05, 0.1) is 4.92 Å². The average Bonchev–Trinajstić information content (AvgIpc) is 2.36. The lowest BCUT2D eigenvalue weighted by Crippen LogP contribution is -2.43. The first-order valence-corrected chi connectivity index (χ1v) is 7.47. The Bertz CT molecular complexity index is 557. The molecule has 1 aromatic carbocycles. The standard InChI is InChI=1S/C14H18N2O3S/c1-10(17)11-4-5-12(13(8-11)16(18)19)15-6-7-20-14(2,3)9-15/h4-5,8H,6-7,9H2,1-3H3. The van der Waals surface area contributed by atoms with E-state index in [0.29, 0.717) is 11.3 Å². The van der Waals surface area contributed by atoms with Crippen molar-refractivity contribution in [3.05, 3.63) is 33.9 Å². The summed E-state index contributed by atoms with van der Waals surface area (Å²) >= 11 is 1.88. The maximum absolute atomic E-state index is 11.4. The normalized spacial score (nSPS) is 17.9. The lowest BCUT2D eigenvalue weighted by Gasteiger charge is -2.38. The van der Waals surface area contributed by atoms with E-state index < -0.39 is 4.92 Å². The number of nitro benzene ring substituents is 1. The molecule has 0 saturated carbocycles. The Morgan fingerprint density at radius 3 is 2.70 bits per heavy atom. The van der Waals surface area contributed by atoms with Crippen LogP contribution in [0.25, 0.3) is 0 Å². The summed E-state index contributed by atoms with van der Waals surface area (Å²) < 4.78 is 0.0748. The maximum atomic E-state index is 11.4. The minimum absolute atomic E-state index is 0.0143. The summed E-state index contributed by atoms with van der Waals surface area (Å²) in [6, 6.07) is 4.74. The van der Waals surface area contributed by atoms with Crippen molar-refractivity contribution in [2.75, 3.05) is 23.7 Å². The molecule has 0 aliphatic carbocycles. The Kier molecular flexibility index (Phi) is 4.04. The summed E-state index contributed by atoms with van der Waals surface area (Å²) in [6.45, 7) is 7.24. The molecule has 1 aliphatic heterocycles. The number of benzene rings is 1. The van der Waals surface area contributed by atoms with Crippen molar-refractivity contribution in [2.24, 2.45) is 0 Å². The van der Waals surface area contributed by atoms with Crippen LogP contribution in [0.15, 0.2) is 18.2 Å². The number of anilines is 1. The molecular formula is C14H18N2O3S. The molecule has 0 aromatic heterocycles. The van der Waals surface area contributed by atoms with Gasteiger partial charge in [-0.25, -0.2) is 0 Å². The van der Waals surface area contributed by atoms with E-state index in [1.807, 2.05) is 16.7 Å². The van der Waals surface area contributed by atoms with E-state index in [4.69, 9.17) is 0 Å². The minimum atomic E-state index is -0.406. The predicted molar refractivity (Wildman–Crippen MR) is 81.9 cm³/mol. The van der Waals surface area contributed by atoms with Gasteiger partial charge in [0.25, 0.3) is 5.69 Å². The molecule has 1 heterocycles. The fraction of sp³-hybridized carbons (Fsp3) is 0.500. The number of nitro groups is 1. The molecule has 20 heavy (non-hydrogen) atoms. The summed E-state index contributed by atoms with van der Waals surface area (Å²) in [7, 11) is 0. The second-order valence-electron chi connectivity index (χ2n) is 5.55. The molecule has 1 aliphatic rings. The summed E-state index contributed by atoms with van der Waals surface area (Å²) in [5.74, 6) is 0.785. The van der Waals surface area contributed by atoms with Crippen LogP contribution in [0.5, 0.6) is 0 Å². The van der Waals surface area contributed by atoms with Gasteiger partial charge < -0.3 is 4.90 Å². The van der Waals surface area contributed by atoms with Gasteiger partial charge >= 0.3 is 0 Å². The number of thioether (sulfide) groups is 1. The maximum Gasteiger partial charge on any atom is 0.293 e. The summed E-state index contributed by atoms with van der Waals surface area (Å²) in [5.41, 5.74) is 1.000. The molecule has 0 radical (unpaired) electrons. The second kappa shape index (κ2) is 5.44. The first kappa shape index (κ1) is 14.8.